The van der Waals surface area contributed by atoms with Gasteiger partial charge in [-0.15, -0.1) is 6.42 Å². The van der Waals surface area contributed by atoms with Gasteiger partial charge < -0.3 is 10.4 Å². The minimum absolute atomic E-state index is 0.115. The first kappa shape index (κ1) is 12.1. The molecule has 16 heavy (non-hydrogen) atoms. The first-order chi connectivity index (χ1) is 7.54. The molecule has 0 saturated heterocycles. The van der Waals surface area contributed by atoms with E-state index >= 15 is 0 Å². The smallest absolute Gasteiger partial charge is 0.228 e. The predicted octanol–water partition coefficient (Wildman–Crippen LogP) is 1.63. The highest BCUT2D eigenvalue weighted by atomic mass is 16.3. The molecule has 2 unspecified atom stereocenters. The third kappa shape index (κ3) is 3.03. The van der Waals surface area contributed by atoms with Gasteiger partial charge in [0.2, 0.25) is 5.91 Å². The molecule has 3 nitrogen and oxygen atoms in total. The molecule has 0 heterocycles. The molecule has 2 N–H and O–H groups in total. The van der Waals surface area contributed by atoms with Gasteiger partial charge in [-0.3, -0.25) is 4.79 Å². The second kappa shape index (κ2) is 5.22. The van der Waals surface area contributed by atoms with Gasteiger partial charge in [-0.1, -0.05) is 18.1 Å². The van der Waals surface area contributed by atoms with E-state index in [2.05, 4.69) is 11.2 Å². The summed E-state index contributed by atoms with van der Waals surface area (Å²) in [7, 11) is 0. The molecule has 2 atom stereocenters. The van der Waals surface area contributed by atoms with Gasteiger partial charge >= 0.3 is 0 Å². The zero-order valence-electron chi connectivity index (χ0n) is 9.40. The second-order valence-corrected chi connectivity index (χ2v) is 3.71. The van der Waals surface area contributed by atoms with Crippen molar-refractivity contribution in [1.29, 1.82) is 0 Å². The van der Waals surface area contributed by atoms with Crippen LogP contribution >= 0.6 is 0 Å². The van der Waals surface area contributed by atoms with Crippen LogP contribution in [0.2, 0.25) is 0 Å². The summed E-state index contributed by atoms with van der Waals surface area (Å²) in [5.74, 6) is 2.23. The summed E-state index contributed by atoms with van der Waals surface area (Å²) < 4.78 is 0. The number of nitrogens with one attached hydrogen (secondary N) is 1. The summed E-state index contributed by atoms with van der Waals surface area (Å²) in [6, 6.07) is 6.29. The fourth-order valence-corrected chi connectivity index (χ4v) is 1.29. The first-order valence-corrected chi connectivity index (χ1v) is 5.10. The molecular weight excluding hydrogens is 202 g/mol. The van der Waals surface area contributed by atoms with Crippen LogP contribution in [0.15, 0.2) is 24.3 Å². The molecular formula is C13H15NO2. The number of carbonyl (C=O) groups excluding carboxylic acids is 1. The van der Waals surface area contributed by atoms with Gasteiger partial charge in [0.05, 0.1) is 12.0 Å². The lowest BCUT2D eigenvalue weighted by molar-refractivity contribution is -0.122. The van der Waals surface area contributed by atoms with E-state index < -0.39 is 0 Å². The molecule has 0 saturated carbocycles. The van der Waals surface area contributed by atoms with Crippen molar-refractivity contribution in [1.82, 2.24) is 5.32 Å². The van der Waals surface area contributed by atoms with E-state index in [0.29, 0.717) is 0 Å². The minimum Gasteiger partial charge on any atom is -0.508 e. The fourth-order valence-electron chi connectivity index (χ4n) is 1.29. The SMILES string of the molecule is C#CC(C)NC(=O)C(C)c1ccc(O)cc1. The van der Waals surface area contributed by atoms with Crippen molar-refractivity contribution in [3.63, 3.8) is 0 Å². The first-order valence-electron chi connectivity index (χ1n) is 5.10. The molecule has 0 aliphatic heterocycles. The molecule has 0 bridgehead atoms. The number of hydrogen-bond acceptors (Lipinski definition) is 2. The summed E-state index contributed by atoms with van der Waals surface area (Å²) in [6.07, 6.45) is 5.18. The van der Waals surface area contributed by atoms with Gasteiger partial charge in [0.15, 0.2) is 0 Å². The van der Waals surface area contributed by atoms with Gasteiger partial charge in [0, 0.05) is 0 Å². The van der Waals surface area contributed by atoms with Crippen LogP contribution in [0.5, 0.6) is 5.75 Å². The molecule has 0 spiro atoms. The molecule has 0 radical (unpaired) electrons. The van der Waals surface area contributed by atoms with Crippen LogP contribution < -0.4 is 5.32 Å². The maximum atomic E-state index is 11.7. The van der Waals surface area contributed by atoms with E-state index in [-0.39, 0.29) is 23.6 Å². The minimum atomic E-state index is -0.281. The highest BCUT2D eigenvalue weighted by Crippen LogP contribution is 2.18. The zero-order chi connectivity index (χ0) is 12.1. The maximum absolute atomic E-state index is 11.7. The Bertz CT molecular complexity index is 403. The average Bonchev–Trinajstić information content (AvgIpc) is 2.28. The van der Waals surface area contributed by atoms with E-state index in [9.17, 15) is 4.79 Å². The Morgan fingerprint density at radius 2 is 1.94 bits per heavy atom. The fraction of sp³-hybridized carbons (Fsp3) is 0.308. The van der Waals surface area contributed by atoms with Crippen molar-refractivity contribution < 1.29 is 9.90 Å². The molecule has 84 valence electrons. The lowest BCUT2D eigenvalue weighted by atomic mass is 10.00. The number of terminal acetylenes is 1. The van der Waals surface area contributed by atoms with E-state index in [1.54, 1.807) is 38.1 Å². The summed E-state index contributed by atoms with van der Waals surface area (Å²) in [4.78, 5) is 11.7. The number of rotatable bonds is 3. The Balaban J connectivity index is 2.71. The van der Waals surface area contributed by atoms with Gasteiger partial charge in [-0.25, -0.2) is 0 Å². The van der Waals surface area contributed by atoms with Crippen molar-refractivity contribution >= 4 is 5.91 Å². The van der Waals surface area contributed by atoms with E-state index in [1.165, 1.54) is 0 Å². The van der Waals surface area contributed by atoms with Crippen molar-refractivity contribution in [2.75, 3.05) is 0 Å². The molecule has 1 aromatic carbocycles. The largest absolute Gasteiger partial charge is 0.508 e. The summed E-state index contributed by atoms with van der Waals surface area (Å²) >= 11 is 0. The number of phenols is 1. The van der Waals surface area contributed by atoms with E-state index in [4.69, 9.17) is 11.5 Å². The van der Waals surface area contributed by atoms with Gasteiger partial charge in [0.25, 0.3) is 0 Å². The Hall–Kier alpha value is -1.95. The van der Waals surface area contributed by atoms with Crippen molar-refractivity contribution in [2.24, 2.45) is 0 Å². The predicted molar refractivity (Wildman–Crippen MR) is 63.0 cm³/mol. The number of amides is 1. The van der Waals surface area contributed by atoms with E-state index in [0.717, 1.165) is 5.56 Å². The summed E-state index contributed by atoms with van der Waals surface area (Å²) in [6.45, 7) is 3.55. The van der Waals surface area contributed by atoms with Crippen LogP contribution in [0.3, 0.4) is 0 Å². The second-order valence-electron chi connectivity index (χ2n) is 3.71. The maximum Gasteiger partial charge on any atom is 0.228 e. The Labute approximate surface area is 95.5 Å². The number of benzene rings is 1. The summed E-state index contributed by atoms with van der Waals surface area (Å²) in [5.41, 5.74) is 0.847. The van der Waals surface area contributed by atoms with Crippen LogP contribution in [-0.2, 0) is 4.79 Å². The molecule has 1 aromatic rings. The number of hydrogen-bond donors (Lipinski definition) is 2. The van der Waals surface area contributed by atoms with Crippen molar-refractivity contribution in [3.8, 4) is 18.1 Å². The lowest BCUT2D eigenvalue weighted by Gasteiger charge is -2.14. The lowest BCUT2D eigenvalue weighted by Crippen LogP contribution is -2.34. The standard InChI is InChI=1S/C13H15NO2/c1-4-9(2)14-13(16)10(3)11-5-7-12(15)8-6-11/h1,5-10,15H,2-3H3,(H,14,16). The van der Waals surface area contributed by atoms with Crippen LogP contribution in [0.4, 0.5) is 0 Å². The third-order valence-corrected chi connectivity index (χ3v) is 2.40. The monoisotopic (exact) mass is 217 g/mol. The quantitative estimate of drug-likeness (QED) is 0.756. The molecule has 1 rings (SSSR count). The van der Waals surface area contributed by atoms with Crippen LogP contribution in [-0.4, -0.2) is 17.1 Å². The average molecular weight is 217 g/mol. The molecule has 0 fully saturated rings. The zero-order valence-corrected chi connectivity index (χ0v) is 9.40. The topological polar surface area (TPSA) is 49.3 Å². The van der Waals surface area contributed by atoms with Gasteiger partial charge in [-0.05, 0) is 31.5 Å². The molecule has 0 aromatic heterocycles. The highest BCUT2D eigenvalue weighted by molar-refractivity contribution is 5.83. The van der Waals surface area contributed by atoms with Crippen molar-refractivity contribution in [3.05, 3.63) is 29.8 Å². The third-order valence-electron chi connectivity index (χ3n) is 2.40. The van der Waals surface area contributed by atoms with Crippen LogP contribution in [0, 0.1) is 12.3 Å². The molecule has 3 heteroatoms. The van der Waals surface area contributed by atoms with Gasteiger partial charge in [-0.2, -0.15) is 0 Å². The number of carbonyl (C=O) groups is 1. The number of phenolic OH excluding ortho intramolecular Hbond substituents is 1. The Morgan fingerprint density at radius 1 is 1.38 bits per heavy atom. The molecule has 0 aliphatic rings. The normalized spacial score (nSPS) is 13.6. The highest BCUT2D eigenvalue weighted by Gasteiger charge is 2.16. The van der Waals surface area contributed by atoms with Crippen LogP contribution in [0.1, 0.15) is 25.3 Å². The Morgan fingerprint density at radius 3 is 2.44 bits per heavy atom. The Kier molecular flexibility index (Phi) is 3.96. The van der Waals surface area contributed by atoms with Gasteiger partial charge in [0.1, 0.15) is 5.75 Å². The summed E-state index contributed by atoms with van der Waals surface area (Å²) in [5, 5.41) is 11.8. The van der Waals surface area contributed by atoms with Crippen LogP contribution in [0.25, 0.3) is 0 Å². The molecule has 1 amide bonds. The van der Waals surface area contributed by atoms with E-state index in [1.807, 2.05) is 0 Å². The number of aromatic hydroxyl groups is 1. The molecule has 0 aliphatic carbocycles. The van der Waals surface area contributed by atoms with Crippen molar-refractivity contribution in [2.45, 2.75) is 25.8 Å².